The quantitative estimate of drug-likeness (QED) is 0.821. The summed E-state index contributed by atoms with van der Waals surface area (Å²) in [5.41, 5.74) is 2.84. The minimum Gasteiger partial charge on any atom is -0.378 e. The van der Waals surface area contributed by atoms with Crippen LogP contribution in [0.4, 0.5) is 0 Å². The highest BCUT2D eigenvalue weighted by Gasteiger charge is 2.26. The van der Waals surface area contributed by atoms with E-state index in [9.17, 15) is 9.90 Å². The summed E-state index contributed by atoms with van der Waals surface area (Å²) in [5.74, 6) is 6.21. The zero-order valence-electron chi connectivity index (χ0n) is 16.2. The van der Waals surface area contributed by atoms with Gasteiger partial charge in [0.15, 0.2) is 0 Å². The Hall–Kier alpha value is -2.58. The summed E-state index contributed by atoms with van der Waals surface area (Å²) in [7, 11) is 0. The first-order valence-electron chi connectivity index (χ1n) is 9.54. The first kappa shape index (κ1) is 19.2. The summed E-state index contributed by atoms with van der Waals surface area (Å²) in [4.78, 5) is 14.8. The maximum absolute atomic E-state index is 12.9. The second-order valence-electron chi connectivity index (χ2n) is 7.62. The SMILES string of the molecule is CCc1cn[nH]c1C1CCN(C(=O)c2cccc(C#CC(C)(C)O)c2)CC1. The Morgan fingerprint density at radius 2 is 2.11 bits per heavy atom. The number of hydrogen-bond acceptors (Lipinski definition) is 3. The standard InChI is InChI=1S/C22H27N3O2/c1-4-17-15-23-24-20(17)18-9-12-25(13-10-18)21(26)19-7-5-6-16(14-19)8-11-22(2,3)27/h5-7,14-15,18,27H,4,9-10,12-13H2,1-3H3,(H,23,24). The van der Waals surface area contributed by atoms with Gasteiger partial charge in [0.1, 0.15) is 5.60 Å². The van der Waals surface area contributed by atoms with Gasteiger partial charge < -0.3 is 10.0 Å². The molecule has 1 fully saturated rings. The van der Waals surface area contributed by atoms with Gasteiger partial charge in [-0.15, -0.1) is 0 Å². The van der Waals surface area contributed by atoms with Gasteiger partial charge in [-0.3, -0.25) is 9.89 Å². The van der Waals surface area contributed by atoms with Crippen LogP contribution in [0.5, 0.6) is 0 Å². The molecule has 1 saturated heterocycles. The Bertz CT molecular complexity index is 859. The summed E-state index contributed by atoms with van der Waals surface area (Å²) in [6, 6.07) is 7.32. The molecule has 1 amide bonds. The predicted molar refractivity (Wildman–Crippen MR) is 105 cm³/mol. The number of aromatic nitrogens is 2. The second kappa shape index (κ2) is 7.98. The summed E-state index contributed by atoms with van der Waals surface area (Å²) in [5, 5.41) is 17.1. The summed E-state index contributed by atoms with van der Waals surface area (Å²) in [6.45, 7) is 6.91. The molecule has 0 radical (unpaired) electrons. The summed E-state index contributed by atoms with van der Waals surface area (Å²) in [6.07, 6.45) is 4.77. The van der Waals surface area contributed by atoms with E-state index in [-0.39, 0.29) is 5.91 Å². The average molecular weight is 365 g/mol. The van der Waals surface area contributed by atoms with Crippen molar-refractivity contribution < 1.29 is 9.90 Å². The molecule has 1 aliphatic rings. The van der Waals surface area contributed by atoms with Crippen molar-refractivity contribution in [3.63, 3.8) is 0 Å². The molecule has 2 heterocycles. The minimum atomic E-state index is -1.05. The predicted octanol–water partition coefficient (Wildman–Crippen LogP) is 3.11. The molecule has 5 heteroatoms. The van der Waals surface area contributed by atoms with Crippen LogP contribution in [-0.4, -0.2) is 44.8 Å². The number of nitrogens with zero attached hydrogens (tertiary/aromatic N) is 2. The van der Waals surface area contributed by atoms with Crippen LogP contribution in [0.15, 0.2) is 30.5 Å². The third-order valence-electron chi connectivity index (χ3n) is 4.94. The molecule has 0 aliphatic carbocycles. The molecular formula is C22H27N3O2. The number of likely N-dealkylation sites (tertiary alicyclic amines) is 1. The van der Waals surface area contributed by atoms with Crippen molar-refractivity contribution in [2.75, 3.05) is 13.1 Å². The summed E-state index contributed by atoms with van der Waals surface area (Å²) >= 11 is 0. The number of aliphatic hydroxyl groups is 1. The number of carbonyl (C=O) groups is 1. The van der Waals surface area contributed by atoms with E-state index in [0.717, 1.165) is 37.9 Å². The highest BCUT2D eigenvalue weighted by atomic mass is 16.3. The molecule has 1 aromatic heterocycles. The van der Waals surface area contributed by atoms with Crippen molar-refractivity contribution in [2.45, 2.75) is 51.6 Å². The number of nitrogens with one attached hydrogen (secondary N) is 1. The van der Waals surface area contributed by atoms with Crippen LogP contribution in [0.2, 0.25) is 0 Å². The Balaban J connectivity index is 1.66. The molecule has 1 aliphatic heterocycles. The third-order valence-corrected chi connectivity index (χ3v) is 4.94. The summed E-state index contributed by atoms with van der Waals surface area (Å²) < 4.78 is 0. The smallest absolute Gasteiger partial charge is 0.253 e. The van der Waals surface area contributed by atoms with E-state index in [2.05, 4.69) is 29.0 Å². The van der Waals surface area contributed by atoms with Crippen LogP contribution in [0.1, 0.15) is 66.7 Å². The molecule has 142 valence electrons. The zero-order valence-corrected chi connectivity index (χ0v) is 16.2. The number of carbonyl (C=O) groups excluding carboxylic acids is 1. The van der Waals surface area contributed by atoms with E-state index < -0.39 is 5.60 Å². The monoisotopic (exact) mass is 365 g/mol. The normalized spacial score (nSPS) is 15.3. The van der Waals surface area contributed by atoms with Gasteiger partial charge in [0.2, 0.25) is 0 Å². The lowest BCUT2D eigenvalue weighted by Crippen LogP contribution is -2.38. The Kier molecular flexibility index (Phi) is 5.67. The maximum atomic E-state index is 12.9. The van der Waals surface area contributed by atoms with Crippen LogP contribution in [-0.2, 0) is 6.42 Å². The fourth-order valence-electron chi connectivity index (χ4n) is 3.47. The van der Waals surface area contributed by atoms with Crippen LogP contribution in [0.25, 0.3) is 0 Å². The second-order valence-corrected chi connectivity index (χ2v) is 7.62. The first-order chi connectivity index (χ1) is 12.9. The van der Waals surface area contributed by atoms with Gasteiger partial charge in [-0.1, -0.05) is 24.8 Å². The zero-order chi connectivity index (χ0) is 19.4. The fourth-order valence-corrected chi connectivity index (χ4v) is 3.47. The Labute approximate surface area is 160 Å². The minimum absolute atomic E-state index is 0.0423. The number of hydrogen-bond donors (Lipinski definition) is 2. The van der Waals surface area contributed by atoms with Gasteiger partial charge in [0, 0.05) is 35.8 Å². The van der Waals surface area contributed by atoms with Gasteiger partial charge in [-0.25, -0.2) is 0 Å². The van der Waals surface area contributed by atoms with Gasteiger partial charge in [-0.05, 0) is 56.9 Å². The van der Waals surface area contributed by atoms with Crippen molar-refractivity contribution in [2.24, 2.45) is 0 Å². The van der Waals surface area contributed by atoms with Crippen LogP contribution in [0.3, 0.4) is 0 Å². The number of H-pyrrole nitrogens is 1. The number of aryl methyl sites for hydroxylation is 1. The molecule has 0 unspecified atom stereocenters. The lowest BCUT2D eigenvalue weighted by Gasteiger charge is -2.32. The van der Waals surface area contributed by atoms with Crippen LogP contribution < -0.4 is 0 Å². The molecule has 3 rings (SSSR count). The van der Waals surface area contributed by atoms with E-state index in [4.69, 9.17) is 0 Å². The molecular weight excluding hydrogens is 338 g/mol. The highest BCUT2D eigenvalue weighted by Crippen LogP contribution is 2.29. The van der Waals surface area contributed by atoms with Gasteiger partial charge >= 0.3 is 0 Å². The first-order valence-corrected chi connectivity index (χ1v) is 9.54. The maximum Gasteiger partial charge on any atom is 0.253 e. The fraction of sp³-hybridized carbons (Fsp3) is 0.455. The lowest BCUT2D eigenvalue weighted by molar-refractivity contribution is 0.0712. The largest absolute Gasteiger partial charge is 0.378 e. The van der Waals surface area contributed by atoms with E-state index in [1.807, 2.05) is 29.3 Å². The number of benzene rings is 1. The van der Waals surface area contributed by atoms with Gasteiger partial charge in [0.05, 0.1) is 6.20 Å². The number of rotatable bonds is 3. The number of piperidine rings is 1. The molecule has 0 spiro atoms. The van der Waals surface area contributed by atoms with Crippen molar-refractivity contribution >= 4 is 5.91 Å². The molecule has 0 atom stereocenters. The third kappa shape index (κ3) is 4.78. The topological polar surface area (TPSA) is 69.2 Å². The molecule has 2 N–H and O–H groups in total. The molecule has 0 bridgehead atoms. The van der Waals surface area contributed by atoms with Crippen LogP contribution >= 0.6 is 0 Å². The number of amides is 1. The van der Waals surface area contributed by atoms with E-state index in [1.165, 1.54) is 11.3 Å². The average Bonchev–Trinajstić information content (AvgIpc) is 3.14. The molecule has 0 saturated carbocycles. The van der Waals surface area contributed by atoms with Crippen molar-refractivity contribution in [1.29, 1.82) is 0 Å². The van der Waals surface area contributed by atoms with Crippen molar-refractivity contribution in [3.8, 4) is 11.8 Å². The Morgan fingerprint density at radius 1 is 1.37 bits per heavy atom. The van der Waals surface area contributed by atoms with E-state index in [0.29, 0.717) is 11.5 Å². The highest BCUT2D eigenvalue weighted by molar-refractivity contribution is 5.94. The Morgan fingerprint density at radius 3 is 2.78 bits per heavy atom. The van der Waals surface area contributed by atoms with Crippen LogP contribution in [0, 0.1) is 11.8 Å². The van der Waals surface area contributed by atoms with Crippen molar-refractivity contribution in [3.05, 3.63) is 52.8 Å². The lowest BCUT2D eigenvalue weighted by atomic mass is 9.90. The number of aromatic amines is 1. The van der Waals surface area contributed by atoms with Gasteiger partial charge in [0.25, 0.3) is 5.91 Å². The molecule has 1 aromatic carbocycles. The van der Waals surface area contributed by atoms with E-state index >= 15 is 0 Å². The van der Waals surface area contributed by atoms with E-state index in [1.54, 1.807) is 19.9 Å². The van der Waals surface area contributed by atoms with Crippen molar-refractivity contribution in [1.82, 2.24) is 15.1 Å². The molecule has 2 aromatic rings. The molecule has 5 nitrogen and oxygen atoms in total. The molecule has 27 heavy (non-hydrogen) atoms. The van der Waals surface area contributed by atoms with Gasteiger partial charge in [-0.2, -0.15) is 5.10 Å².